The van der Waals surface area contributed by atoms with E-state index in [1.807, 2.05) is 0 Å². The highest BCUT2D eigenvalue weighted by molar-refractivity contribution is 5.90. The van der Waals surface area contributed by atoms with Gasteiger partial charge in [0, 0.05) is 32.7 Å². The summed E-state index contributed by atoms with van der Waals surface area (Å²) in [6.45, 7) is 8.75. The molecule has 1 amide bonds. The highest BCUT2D eigenvalue weighted by Crippen LogP contribution is 2.16. The standard InChI is InChI=1S/C17H27FN2O2/c1-17(2,3)13-20(10-6-12-21)11-9-16(22)19-15-8-5-4-7-14(15)18/h4-5,7-8,21H,6,9-13H2,1-3H3,(H,19,22). The van der Waals surface area contributed by atoms with E-state index in [1.54, 1.807) is 18.2 Å². The van der Waals surface area contributed by atoms with Crippen molar-refractivity contribution in [2.75, 3.05) is 31.6 Å². The summed E-state index contributed by atoms with van der Waals surface area (Å²) >= 11 is 0. The number of hydrogen-bond acceptors (Lipinski definition) is 3. The maximum Gasteiger partial charge on any atom is 0.225 e. The van der Waals surface area contributed by atoms with E-state index < -0.39 is 5.82 Å². The molecular formula is C17H27FN2O2. The van der Waals surface area contributed by atoms with Crippen molar-refractivity contribution in [1.29, 1.82) is 0 Å². The summed E-state index contributed by atoms with van der Waals surface area (Å²) in [5.74, 6) is -0.629. The first-order valence-corrected chi connectivity index (χ1v) is 7.69. The molecule has 0 unspecified atom stereocenters. The molecule has 0 saturated carbocycles. The van der Waals surface area contributed by atoms with Gasteiger partial charge in [0.25, 0.3) is 0 Å². The van der Waals surface area contributed by atoms with Crippen molar-refractivity contribution < 1.29 is 14.3 Å². The number of amides is 1. The topological polar surface area (TPSA) is 52.6 Å². The molecule has 0 saturated heterocycles. The normalized spacial score (nSPS) is 11.7. The van der Waals surface area contributed by atoms with Crippen LogP contribution in [0.5, 0.6) is 0 Å². The van der Waals surface area contributed by atoms with Gasteiger partial charge in [0.1, 0.15) is 5.82 Å². The first-order valence-electron chi connectivity index (χ1n) is 7.69. The van der Waals surface area contributed by atoms with Gasteiger partial charge in [-0.15, -0.1) is 0 Å². The Labute approximate surface area is 132 Å². The largest absolute Gasteiger partial charge is 0.396 e. The van der Waals surface area contributed by atoms with Crippen LogP contribution in [0.3, 0.4) is 0 Å². The average Bonchev–Trinajstić information content (AvgIpc) is 2.43. The van der Waals surface area contributed by atoms with Crippen molar-refractivity contribution >= 4 is 11.6 Å². The fourth-order valence-electron chi connectivity index (χ4n) is 2.27. The minimum absolute atomic E-state index is 0.122. The Balaban J connectivity index is 2.49. The summed E-state index contributed by atoms with van der Waals surface area (Å²) in [5.41, 5.74) is 0.336. The van der Waals surface area contributed by atoms with Crippen molar-refractivity contribution in [2.45, 2.75) is 33.6 Å². The summed E-state index contributed by atoms with van der Waals surface area (Å²) in [5, 5.41) is 11.6. The van der Waals surface area contributed by atoms with Crippen molar-refractivity contribution in [3.05, 3.63) is 30.1 Å². The van der Waals surface area contributed by atoms with Gasteiger partial charge in [-0.25, -0.2) is 4.39 Å². The van der Waals surface area contributed by atoms with E-state index in [4.69, 9.17) is 5.11 Å². The number of nitrogens with one attached hydrogen (secondary N) is 1. The van der Waals surface area contributed by atoms with Gasteiger partial charge in [-0.3, -0.25) is 4.79 Å². The highest BCUT2D eigenvalue weighted by Gasteiger charge is 2.17. The van der Waals surface area contributed by atoms with Crippen molar-refractivity contribution in [1.82, 2.24) is 4.90 Å². The molecule has 1 rings (SSSR count). The summed E-state index contributed by atoms with van der Waals surface area (Å²) in [7, 11) is 0. The summed E-state index contributed by atoms with van der Waals surface area (Å²) in [6.07, 6.45) is 0.987. The molecule has 0 fully saturated rings. The number of nitrogens with zero attached hydrogens (tertiary/aromatic N) is 1. The minimum atomic E-state index is -0.428. The van der Waals surface area contributed by atoms with E-state index in [0.717, 1.165) is 13.1 Å². The molecule has 0 spiro atoms. The van der Waals surface area contributed by atoms with Crippen LogP contribution in [0.25, 0.3) is 0 Å². The third-order valence-electron chi connectivity index (χ3n) is 3.13. The van der Waals surface area contributed by atoms with Crippen molar-refractivity contribution in [3.63, 3.8) is 0 Å². The Hall–Kier alpha value is -1.46. The van der Waals surface area contributed by atoms with Crippen LogP contribution < -0.4 is 5.32 Å². The minimum Gasteiger partial charge on any atom is -0.396 e. The number of rotatable bonds is 8. The quantitative estimate of drug-likeness (QED) is 0.776. The molecule has 0 radical (unpaired) electrons. The first-order chi connectivity index (χ1) is 10.3. The van der Waals surface area contributed by atoms with Crippen LogP contribution in [0.2, 0.25) is 0 Å². The molecule has 22 heavy (non-hydrogen) atoms. The van der Waals surface area contributed by atoms with Crippen LogP contribution in [0, 0.1) is 11.2 Å². The molecule has 0 heterocycles. The predicted octanol–water partition coefficient (Wildman–Crippen LogP) is 2.88. The van der Waals surface area contributed by atoms with Crippen LogP contribution in [0.4, 0.5) is 10.1 Å². The second-order valence-electron chi connectivity index (χ2n) is 6.69. The fraction of sp³-hybridized carbons (Fsp3) is 0.588. The van der Waals surface area contributed by atoms with Gasteiger partial charge in [-0.05, 0) is 24.0 Å². The predicted molar refractivity (Wildman–Crippen MR) is 87.2 cm³/mol. The summed E-state index contributed by atoms with van der Waals surface area (Å²) < 4.78 is 13.5. The zero-order valence-electron chi connectivity index (χ0n) is 13.7. The number of benzene rings is 1. The van der Waals surface area contributed by atoms with E-state index in [2.05, 4.69) is 31.0 Å². The maximum absolute atomic E-state index is 13.5. The van der Waals surface area contributed by atoms with E-state index >= 15 is 0 Å². The van der Waals surface area contributed by atoms with Gasteiger partial charge in [-0.2, -0.15) is 0 Å². The molecule has 0 bridgehead atoms. The van der Waals surface area contributed by atoms with E-state index in [1.165, 1.54) is 6.07 Å². The number of carbonyl (C=O) groups is 1. The Kier molecular flexibility index (Phi) is 7.48. The van der Waals surface area contributed by atoms with Gasteiger partial charge in [0.05, 0.1) is 5.69 Å². The zero-order valence-corrected chi connectivity index (χ0v) is 13.7. The van der Waals surface area contributed by atoms with Gasteiger partial charge >= 0.3 is 0 Å². The molecule has 0 aliphatic rings. The number of carbonyl (C=O) groups excluding carboxylic acids is 1. The smallest absolute Gasteiger partial charge is 0.225 e. The molecule has 124 valence electrons. The second-order valence-corrected chi connectivity index (χ2v) is 6.69. The number of aliphatic hydroxyl groups excluding tert-OH is 1. The number of hydrogen-bond donors (Lipinski definition) is 2. The summed E-state index contributed by atoms with van der Waals surface area (Å²) in [6, 6.07) is 6.14. The Morgan fingerprint density at radius 1 is 1.27 bits per heavy atom. The lowest BCUT2D eigenvalue weighted by molar-refractivity contribution is -0.116. The maximum atomic E-state index is 13.5. The number of anilines is 1. The molecule has 1 aromatic carbocycles. The fourth-order valence-corrected chi connectivity index (χ4v) is 2.27. The summed E-state index contributed by atoms with van der Waals surface area (Å²) in [4.78, 5) is 14.1. The van der Waals surface area contributed by atoms with E-state index in [0.29, 0.717) is 19.4 Å². The molecule has 5 heteroatoms. The lowest BCUT2D eigenvalue weighted by atomic mass is 9.96. The van der Waals surface area contributed by atoms with Crippen LogP contribution in [-0.2, 0) is 4.79 Å². The van der Waals surface area contributed by atoms with Gasteiger partial charge in [-0.1, -0.05) is 32.9 Å². The highest BCUT2D eigenvalue weighted by atomic mass is 19.1. The molecule has 2 N–H and O–H groups in total. The molecule has 0 atom stereocenters. The van der Waals surface area contributed by atoms with Crippen LogP contribution in [-0.4, -0.2) is 42.2 Å². The molecule has 4 nitrogen and oxygen atoms in total. The molecule has 0 aromatic heterocycles. The van der Waals surface area contributed by atoms with Crippen LogP contribution in [0.1, 0.15) is 33.6 Å². The zero-order chi connectivity index (χ0) is 16.6. The lowest BCUT2D eigenvalue weighted by Gasteiger charge is -2.29. The Morgan fingerprint density at radius 2 is 1.95 bits per heavy atom. The van der Waals surface area contributed by atoms with Crippen LogP contribution >= 0.6 is 0 Å². The van der Waals surface area contributed by atoms with Crippen molar-refractivity contribution in [3.8, 4) is 0 Å². The van der Waals surface area contributed by atoms with Crippen molar-refractivity contribution in [2.24, 2.45) is 5.41 Å². The Morgan fingerprint density at radius 3 is 2.55 bits per heavy atom. The monoisotopic (exact) mass is 310 g/mol. The number of aliphatic hydroxyl groups is 1. The third-order valence-corrected chi connectivity index (χ3v) is 3.13. The lowest BCUT2D eigenvalue weighted by Crippen LogP contribution is -2.36. The number of para-hydroxylation sites is 1. The van der Waals surface area contributed by atoms with Gasteiger partial charge in [0.2, 0.25) is 5.91 Å². The number of halogens is 1. The average molecular weight is 310 g/mol. The Bertz CT molecular complexity index is 472. The van der Waals surface area contributed by atoms with Gasteiger partial charge < -0.3 is 15.3 Å². The van der Waals surface area contributed by atoms with E-state index in [-0.39, 0.29) is 23.6 Å². The third kappa shape index (κ3) is 7.52. The van der Waals surface area contributed by atoms with E-state index in [9.17, 15) is 9.18 Å². The molecular weight excluding hydrogens is 283 g/mol. The molecule has 0 aliphatic carbocycles. The first kappa shape index (κ1) is 18.6. The molecule has 1 aromatic rings. The second kappa shape index (κ2) is 8.86. The van der Waals surface area contributed by atoms with Gasteiger partial charge in [0.15, 0.2) is 0 Å². The van der Waals surface area contributed by atoms with Crippen LogP contribution in [0.15, 0.2) is 24.3 Å². The SMILES string of the molecule is CC(C)(C)CN(CCCO)CCC(=O)Nc1ccccc1F. The molecule has 0 aliphatic heterocycles.